The molecular formula is C8H9ClKNO4S. The van der Waals surface area contributed by atoms with Gasteiger partial charge in [-0.1, -0.05) is 0 Å². The van der Waals surface area contributed by atoms with Crippen LogP contribution in [0.5, 0.6) is 0 Å². The van der Waals surface area contributed by atoms with E-state index < -0.39 is 16.0 Å². The minimum absolute atomic E-state index is 0. The van der Waals surface area contributed by atoms with E-state index >= 15 is 0 Å². The van der Waals surface area contributed by atoms with Crippen LogP contribution in [0.15, 0.2) is 29.2 Å². The largest absolute Gasteiger partial charge is 1.00 e. The number of rotatable bonds is 3. The summed E-state index contributed by atoms with van der Waals surface area (Å²) in [4.78, 5) is 10.6. The van der Waals surface area contributed by atoms with Gasteiger partial charge < -0.3 is 6.74 Å². The van der Waals surface area contributed by atoms with Gasteiger partial charge in [0, 0.05) is 5.69 Å². The van der Waals surface area contributed by atoms with Gasteiger partial charge in [-0.15, -0.1) is 11.6 Å². The van der Waals surface area contributed by atoms with E-state index in [1.54, 1.807) is 0 Å². The van der Waals surface area contributed by atoms with Gasteiger partial charge in [0.15, 0.2) is 0 Å². The van der Waals surface area contributed by atoms with Crippen LogP contribution in [0, 0.1) is 0 Å². The molecule has 1 amide bonds. The van der Waals surface area contributed by atoms with Crippen molar-refractivity contribution in [3.05, 3.63) is 24.3 Å². The second kappa shape index (κ2) is 7.07. The van der Waals surface area contributed by atoms with E-state index in [0.29, 0.717) is 5.69 Å². The van der Waals surface area contributed by atoms with Crippen LogP contribution in [0.4, 0.5) is 5.69 Å². The van der Waals surface area contributed by atoms with Gasteiger partial charge in [0.2, 0.25) is 5.91 Å². The first-order chi connectivity index (χ1) is 6.93. The molecule has 0 bridgehead atoms. The van der Waals surface area contributed by atoms with E-state index in [0.717, 1.165) is 0 Å². The number of nitrogens with one attached hydrogen (secondary N) is 1. The zero-order valence-electron chi connectivity index (χ0n) is 9.47. The Morgan fingerprint density at radius 1 is 1.38 bits per heavy atom. The van der Waals surface area contributed by atoms with E-state index in [1.165, 1.54) is 24.3 Å². The predicted molar refractivity (Wildman–Crippen MR) is 56.7 cm³/mol. The number of carbonyl (C=O) groups excluding carboxylic acids is 1. The second-order valence-electron chi connectivity index (χ2n) is 2.68. The van der Waals surface area contributed by atoms with Crippen molar-refractivity contribution in [2.75, 3.05) is 11.2 Å². The molecule has 0 heterocycles. The molecule has 84 valence electrons. The van der Waals surface area contributed by atoms with E-state index in [-0.39, 0.29) is 63.6 Å². The van der Waals surface area contributed by atoms with E-state index in [9.17, 15) is 13.2 Å². The maximum atomic E-state index is 10.9. The van der Waals surface area contributed by atoms with Gasteiger partial charge in [-0.2, -0.15) is 8.42 Å². The Bertz CT molecular complexity index is 465. The normalized spacial score (nSPS) is 10.4. The molecule has 1 rings (SSSR count). The molecule has 1 aromatic rings. The van der Waals surface area contributed by atoms with Gasteiger partial charge in [0.25, 0.3) is 10.1 Å². The summed E-state index contributed by atoms with van der Waals surface area (Å²) in [5.41, 5.74) is 0.410. The zero-order chi connectivity index (χ0) is 11.5. The molecule has 0 saturated heterocycles. The fraction of sp³-hybridized carbons (Fsp3) is 0.125. The number of hydrogen-bond donors (Lipinski definition) is 2. The number of hydrogen-bond acceptors (Lipinski definition) is 3. The van der Waals surface area contributed by atoms with Crippen molar-refractivity contribution in [1.29, 1.82) is 0 Å². The number of amides is 1. The molecule has 0 aliphatic rings. The van der Waals surface area contributed by atoms with Crippen molar-refractivity contribution in [1.82, 2.24) is 0 Å². The molecule has 2 N–H and O–H groups in total. The third-order valence-corrected chi connectivity index (χ3v) is 2.67. The summed E-state index contributed by atoms with van der Waals surface area (Å²) in [7, 11) is -4.19. The molecule has 0 atom stereocenters. The SMILES string of the molecule is O=C(CCl)Nc1ccc(S(=O)(=O)O)cc1.[H-].[K+]. The van der Waals surface area contributed by atoms with Crippen LogP contribution in [0.2, 0.25) is 0 Å². The van der Waals surface area contributed by atoms with Gasteiger partial charge in [-0.25, -0.2) is 0 Å². The van der Waals surface area contributed by atoms with Crippen molar-refractivity contribution >= 4 is 33.3 Å². The van der Waals surface area contributed by atoms with Crippen LogP contribution in [0.25, 0.3) is 0 Å². The van der Waals surface area contributed by atoms with Gasteiger partial charge in [0.1, 0.15) is 5.88 Å². The minimum Gasteiger partial charge on any atom is -1.00 e. The first kappa shape index (κ1) is 16.5. The molecular weight excluding hydrogens is 281 g/mol. The Labute approximate surface area is 142 Å². The maximum absolute atomic E-state index is 10.9. The van der Waals surface area contributed by atoms with Crippen molar-refractivity contribution in [3.8, 4) is 0 Å². The smallest absolute Gasteiger partial charge is 1.00 e. The van der Waals surface area contributed by atoms with Crippen LogP contribution in [0.3, 0.4) is 0 Å². The van der Waals surface area contributed by atoms with Gasteiger partial charge in [0.05, 0.1) is 4.90 Å². The molecule has 0 aliphatic carbocycles. The Balaban J connectivity index is 0. The summed E-state index contributed by atoms with van der Waals surface area (Å²) in [5, 5.41) is 2.42. The Morgan fingerprint density at radius 2 is 1.88 bits per heavy atom. The average Bonchev–Trinajstić information content (AvgIpc) is 2.17. The molecule has 0 aliphatic heterocycles. The quantitative estimate of drug-likeness (QED) is 0.392. The zero-order valence-corrected chi connectivity index (χ0v) is 13.2. The topological polar surface area (TPSA) is 83.5 Å². The van der Waals surface area contributed by atoms with Crippen molar-refractivity contribution < 1.29 is 70.6 Å². The van der Waals surface area contributed by atoms with Crippen LogP contribution in [-0.4, -0.2) is 24.8 Å². The van der Waals surface area contributed by atoms with Crippen molar-refractivity contribution in [2.45, 2.75) is 4.90 Å². The third-order valence-electron chi connectivity index (χ3n) is 1.56. The molecule has 0 fully saturated rings. The second-order valence-corrected chi connectivity index (χ2v) is 4.37. The Hall–Kier alpha value is 0.526. The molecule has 1 aromatic carbocycles. The molecule has 0 aromatic heterocycles. The minimum atomic E-state index is -4.19. The average molecular weight is 290 g/mol. The van der Waals surface area contributed by atoms with E-state index in [1.807, 2.05) is 0 Å². The summed E-state index contributed by atoms with van der Waals surface area (Å²) in [6, 6.07) is 5.07. The number of benzene rings is 1. The van der Waals surface area contributed by atoms with E-state index in [2.05, 4.69) is 5.32 Å². The van der Waals surface area contributed by atoms with Gasteiger partial charge in [-0.3, -0.25) is 9.35 Å². The predicted octanol–water partition coefficient (Wildman–Crippen LogP) is -1.77. The molecule has 0 radical (unpaired) electrons. The molecule has 0 unspecified atom stereocenters. The van der Waals surface area contributed by atoms with Crippen molar-refractivity contribution in [3.63, 3.8) is 0 Å². The van der Waals surface area contributed by atoms with Gasteiger partial charge >= 0.3 is 51.4 Å². The summed E-state index contributed by atoms with van der Waals surface area (Å²) in [5.74, 6) is -0.573. The maximum Gasteiger partial charge on any atom is 1.00 e. The van der Waals surface area contributed by atoms with Crippen LogP contribution < -0.4 is 56.7 Å². The fourth-order valence-corrected chi connectivity index (χ4v) is 1.45. The Kier molecular flexibility index (Phi) is 7.30. The van der Waals surface area contributed by atoms with Crippen LogP contribution in [0.1, 0.15) is 1.43 Å². The third kappa shape index (κ3) is 5.24. The number of halogens is 1. The standard InChI is InChI=1S/C8H8ClNO4S.K.H/c9-5-8(11)10-6-1-3-7(4-2-6)15(12,13)14;;/h1-4H,5H2,(H,10,11)(H,12,13,14);;/q;+1;-1. The summed E-state index contributed by atoms with van der Waals surface area (Å²) < 4.78 is 30.0. The first-order valence-electron chi connectivity index (χ1n) is 3.87. The monoisotopic (exact) mass is 289 g/mol. The van der Waals surface area contributed by atoms with Gasteiger partial charge in [-0.05, 0) is 24.3 Å². The first-order valence-corrected chi connectivity index (χ1v) is 5.84. The number of carbonyl (C=O) groups is 1. The summed E-state index contributed by atoms with van der Waals surface area (Å²) >= 11 is 5.26. The van der Waals surface area contributed by atoms with Crippen molar-refractivity contribution in [2.24, 2.45) is 0 Å². The summed E-state index contributed by atoms with van der Waals surface area (Å²) in [6.45, 7) is 0. The molecule has 0 spiro atoms. The van der Waals surface area contributed by atoms with Crippen LogP contribution >= 0.6 is 11.6 Å². The Morgan fingerprint density at radius 3 is 2.25 bits per heavy atom. The fourth-order valence-electron chi connectivity index (χ4n) is 0.905. The number of anilines is 1. The molecule has 8 heteroatoms. The molecule has 16 heavy (non-hydrogen) atoms. The molecule has 5 nitrogen and oxygen atoms in total. The number of alkyl halides is 1. The van der Waals surface area contributed by atoms with Crippen LogP contribution in [-0.2, 0) is 14.9 Å². The molecule has 0 saturated carbocycles. The van der Waals surface area contributed by atoms with E-state index in [4.69, 9.17) is 16.2 Å². The summed E-state index contributed by atoms with van der Waals surface area (Å²) in [6.07, 6.45) is 0.